The maximum atomic E-state index is 12.9. The minimum Gasteiger partial charge on any atom is -0.497 e. The molecule has 0 aromatic heterocycles. The number of carbonyl (C=O) groups is 1. The number of ether oxygens (including phenoxy) is 2. The highest BCUT2D eigenvalue weighted by Gasteiger charge is 2.21. The molecule has 1 fully saturated rings. The summed E-state index contributed by atoms with van der Waals surface area (Å²) < 4.78 is 10.4. The third-order valence-electron chi connectivity index (χ3n) is 4.64. The fourth-order valence-corrected chi connectivity index (χ4v) is 3.18. The summed E-state index contributed by atoms with van der Waals surface area (Å²) in [4.78, 5) is 12.9. The Morgan fingerprint density at radius 2 is 1.77 bits per heavy atom. The number of ketones is 1. The number of hydrogen-bond acceptors (Lipinski definition) is 3. The Kier molecular flexibility index (Phi) is 5.90. The van der Waals surface area contributed by atoms with E-state index in [1.165, 1.54) is 0 Å². The van der Waals surface area contributed by atoms with Gasteiger partial charge in [-0.25, -0.2) is 0 Å². The van der Waals surface area contributed by atoms with Gasteiger partial charge in [-0.1, -0.05) is 36.4 Å². The van der Waals surface area contributed by atoms with Crippen LogP contribution >= 0.6 is 0 Å². The number of hydrogen-bond donors (Lipinski definition) is 0. The van der Waals surface area contributed by atoms with Crippen molar-refractivity contribution in [3.8, 4) is 5.75 Å². The smallest absolute Gasteiger partial charge is 0.184 e. The first-order valence-corrected chi connectivity index (χ1v) is 8.90. The molecule has 1 atom stereocenters. The minimum atomic E-state index is 0.109. The third-order valence-corrected chi connectivity index (χ3v) is 4.64. The van der Waals surface area contributed by atoms with E-state index in [9.17, 15) is 4.79 Å². The number of benzene rings is 1. The Hall–Kier alpha value is -2.81. The molecule has 0 spiro atoms. The van der Waals surface area contributed by atoms with Crippen molar-refractivity contribution in [2.75, 3.05) is 14.2 Å². The van der Waals surface area contributed by atoms with Gasteiger partial charge in [-0.2, -0.15) is 0 Å². The van der Waals surface area contributed by atoms with Crippen LogP contribution in [0.15, 0.2) is 77.6 Å². The highest BCUT2D eigenvalue weighted by atomic mass is 16.5. The van der Waals surface area contributed by atoms with Crippen LogP contribution in [0, 0.1) is 5.92 Å². The summed E-state index contributed by atoms with van der Waals surface area (Å²) in [5, 5.41) is 0. The molecular weight excluding hydrogens is 324 g/mol. The summed E-state index contributed by atoms with van der Waals surface area (Å²) >= 11 is 0. The van der Waals surface area contributed by atoms with E-state index < -0.39 is 0 Å². The molecule has 134 valence electrons. The molecule has 0 heterocycles. The van der Waals surface area contributed by atoms with Crippen LogP contribution in [-0.2, 0) is 9.53 Å². The topological polar surface area (TPSA) is 35.5 Å². The van der Waals surface area contributed by atoms with E-state index in [-0.39, 0.29) is 11.7 Å². The summed E-state index contributed by atoms with van der Waals surface area (Å²) in [6.07, 6.45) is 16.7. The van der Waals surface area contributed by atoms with Crippen LogP contribution in [0.3, 0.4) is 0 Å². The van der Waals surface area contributed by atoms with Gasteiger partial charge in [0.2, 0.25) is 0 Å². The van der Waals surface area contributed by atoms with E-state index >= 15 is 0 Å². The number of Topliss-reactive ketones (excluding diaryl/α,β-unsaturated/α-hetero) is 1. The van der Waals surface area contributed by atoms with Gasteiger partial charge >= 0.3 is 0 Å². The molecule has 2 aliphatic carbocycles. The highest BCUT2D eigenvalue weighted by Crippen LogP contribution is 2.28. The van der Waals surface area contributed by atoms with Crippen molar-refractivity contribution in [1.82, 2.24) is 0 Å². The maximum absolute atomic E-state index is 12.9. The van der Waals surface area contributed by atoms with Gasteiger partial charge in [0.1, 0.15) is 11.5 Å². The summed E-state index contributed by atoms with van der Waals surface area (Å²) in [7, 11) is 3.31. The largest absolute Gasteiger partial charge is 0.497 e. The molecule has 1 aromatic carbocycles. The van der Waals surface area contributed by atoms with Gasteiger partial charge in [0.25, 0.3) is 0 Å². The van der Waals surface area contributed by atoms with Crippen LogP contribution in [0.4, 0.5) is 0 Å². The minimum absolute atomic E-state index is 0.109. The first-order chi connectivity index (χ1) is 12.7. The fraction of sp³-hybridized carbons (Fsp3) is 0.261. The number of allylic oxidation sites excluding steroid dienone is 8. The molecule has 3 rings (SSSR count). The van der Waals surface area contributed by atoms with Crippen molar-refractivity contribution in [3.05, 3.63) is 83.2 Å². The van der Waals surface area contributed by atoms with Crippen LogP contribution in [-0.4, -0.2) is 20.0 Å². The summed E-state index contributed by atoms with van der Waals surface area (Å²) in [5.41, 5.74) is 2.81. The monoisotopic (exact) mass is 348 g/mol. The lowest BCUT2D eigenvalue weighted by atomic mass is 9.86. The van der Waals surface area contributed by atoms with Crippen LogP contribution in [0.1, 0.15) is 24.8 Å². The predicted molar refractivity (Wildman–Crippen MR) is 105 cm³/mol. The Bertz CT molecular complexity index is 804. The SMILES string of the molecule is COC1=CC=CC(/C=C2\CCC/C(=C\c3ccc(OC)cc3)C2=O)C=C1. The van der Waals surface area contributed by atoms with Crippen LogP contribution in [0.5, 0.6) is 5.75 Å². The quantitative estimate of drug-likeness (QED) is 0.716. The van der Waals surface area contributed by atoms with E-state index in [4.69, 9.17) is 9.47 Å². The average Bonchev–Trinajstić information content (AvgIpc) is 2.90. The Morgan fingerprint density at radius 3 is 2.50 bits per heavy atom. The van der Waals surface area contributed by atoms with Gasteiger partial charge in [-0.15, -0.1) is 0 Å². The lowest BCUT2D eigenvalue weighted by Gasteiger charge is -2.17. The summed E-state index contributed by atoms with van der Waals surface area (Å²) in [6, 6.07) is 7.79. The zero-order valence-electron chi connectivity index (χ0n) is 15.3. The van der Waals surface area contributed by atoms with Crippen molar-refractivity contribution >= 4 is 11.9 Å². The summed E-state index contributed by atoms with van der Waals surface area (Å²) in [5.74, 6) is 1.91. The third kappa shape index (κ3) is 4.42. The first kappa shape index (κ1) is 18.0. The van der Waals surface area contributed by atoms with E-state index in [0.717, 1.165) is 47.5 Å². The highest BCUT2D eigenvalue weighted by molar-refractivity contribution is 6.11. The van der Waals surface area contributed by atoms with Crippen LogP contribution in [0.25, 0.3) is 6.08 Å². The Labute approximate surface area is 155 Å². The van der Waals surface area contributed by atoms with Gasteiger partial charge in [0.05, 0.1) is 14.2 Å². The fourth-order valence-electron chi connectivity index (χ4n) is 3.18. The zero-order valence-corrected chi connectivity index (χ0v) is 15.3. The molecule has 2 aliphatic rings. The zero-order chi connectivity index (χ0) is 18.4. The van der Waals surface area contributed by atoms with Crippen LogP contribution < -0.4 is 4.74 Å². The molecule has 0 N–H and O–H groups in total. The van der Waals surface area contributed by atoms with Crippen molar-refractivity contribution in [2.45, 2.75) is 19.3 Å². The normalized spacial score (nSPS) is 23.1. The standard InChI is InChI=1S/C23H24O3/c1-25-21-8-3-5-17(9-12-21)15-19-6-4-7-20(23(19)24)16-18-10-13-22(26-2)14-11-18/h3,5,8-17H,4,6-7H2,1-2H3/b19-15+,20-16+. The van der Waals surface area contributed by atoms with Crippen molar-refractivity contribution in [2.24, 2.45) is 5.92 Å². The molecule has 3 nitrogen and oxygen atoms in total. The molecule has 0 aliphatic heterocycles. The van der Waals surface area contributed by atoms with Gasteiger partial charge in [0.15, 0.2) is 5.78 Å². The lowest BCUT2D eigenvalue weighted by Crippen LogP contribution is -2.13. The Balaban J connectivity index is 1.78. The molecule has 0 amide bonds. The molecular formula is C23H24O3. The molecule has 1 aromatic rings. The number of rotatable bonds is 4. The van der Waals surface area contributed by atoms with Gasteiger partial charge in [-0.05, 0) is 60.8 Å². The lowest BCUT2D eigenvalue weighted by molar-refractivity contribution is -0.112. The second kappa shape index (κ2) is 8.52. The van der Waals surface area contributed by atoms with Crippen LogP contribution in [0.2, 0.25) is 0 Å². The molecule has 3 heteroatoms. The molecule has 0 radical (unpaired) electrons. The van der Waals surface area contributed by atoms with Crippen molar-refractivity contribution in [3.63, 3.8) is 0 Å². The van der Waals surface area contributed by atoms with E-state index in [1.54, 1.807) is 14.2 Å². The number of carbonyl (C=O) groups excluding carboxylic acids is 1. The van der Waals surface area contributed by atoms with Crippen molar-refractivity contribution < 1.29 is 14.3 Å². The second-order valence-corrected chi connectivity index (χ2v) is 6.41. The molecule has 1 unspecified atom stereocenters. The average molecular weight is 348 g/mol. The summed E-state index contributed by atoms with van der Waals surface area (Å²) in [6.45, 7) is 0. The molecule has 0 saturated heterocycles. The van der Waals surface area contributed by atoms with E-state index in [0.29, 0.717) is 0 Å². The van der Waals surface area contributed by atoms with E-state index in [1.807, 2.05) is 48.6 Å². The van der Waals surface area contributed by atoms with Gasteiger partial charge < -0.3 is 9.47 Å². The maximum Gasteiger partial charge on any atom is 0.184 e. The van der Waals surface area contributed by atoms with E-state index in [2.05, 4.69) is 18.2 Å². The Morgan fingerprint density at radius 1 is 1.00 bits per heavy atom. The predicted octanol–water partition coefficient (Wildman–Crippen LogP) is 5.03. The molecule has 1 saturated carbocycles. The second-order valence-electron chi connectivity index (χ2n) is 6.41. The van der Waals surface area contributed by atoms with Gasteiger partial charge in [0, 0.05) is 11.5 Å². The molecule has 26 heavy (non-hydrogen) atoms. The van der Waals surface area contributed by atoms with Gasteiger partial charge in [-0.3, -0.25) is 4.79 Å². The number of methoxy groups -OCH3 is 2. The van der Waals surface area contributed by atoms with Crippen molar-refractivity contribution in [1.29, 1.82) is 0 Å². The first-order valence-electron chi connectivity index (χ1n) is 8.90. The molecule has 0 bridgehead atoms.